The third-order valence-electron chi connectivity index (χ3n) is 6.47. The number of hydrogen-bond acceptors (Lipinski definition) is 8. The molecule has 1 heterocycles. The largest absolute Gasteiger partial charge is 0.464 e. The summed E-state index contributed by atoms with van der Waals surface area (Å²) in [5.74, 6) is -0.922. The third-order valence-corrected chi connectivity index (χ3v) is 6.47. The number of esters is 2. The lowest BCUT2D eigenvalue weighted by Crippen LogP contribution is -2.51. The van der Waals surface area contributed by atoms with Crippen molar-refractivity contribution in [3.63, 3.8) is 0 Å². The van der Waals surface area contributed by atoms with Gasteiger partial charge in [-0.25, -0.2) is 0 Å². The molecule has 3 rings (SSSR count). The second-order valence-electron chi connectivity index (χ2n) is 9.89. The summed E-state index contributed by atoms with van der Waals surface area (Å²) in [4.78, 5) is 26.2. The van der Waals surface area contributed by atoms with Crippen LogP contribution in [0.4, 0.5) is 0 Å². The van der Waals surface area contributed by atoms with E-state index < -0.39 is 24.2 Å². The molecule has 0 saturated carbocycles. The number of rotatable bonds is 4. The highest BCUT2D eigenvalue weighted by Gasteiger charge is 2.36. The van der Waals surface area contributed by atoms with Gasteiger partial charge in [-0.2, -0.15) is 10.5 Å². The summed E-state index contributed by atoms with van der Waals surface area (Å²) in [7, 11) is 0. The molecule has 194 valence electrons. The molecule has 8 nitrogen and oxygen atoms in total. The van der Waals surface area contributed by atoms with E-state index in [1.54, 1.807) is 24.3 Å². The van der Waals surface area contributed by atoms with E-state index >= 15 is 0 Å². The molecule has 0 aliphatic carbocycles. The first-order chi connectivity index (χ1) is 17.7. The van der Waals surface area contributed by atoms with Crippen LogP contribution >= 0.6 is 0 Å². The monoisotopic (exact) mass is 502 g/mol. The van der Waals surface area contributed by atoms with Crippen LogP contribution in [0.3, 0.4) is 0 Å². The van der Waals surface area contributed by atoms with E-state index in [0.717, 1.165) is 11.1 Å². The maximum absolute atomic E-state index is 13.1. The van der Waals surface area contributed by atoms with Crippen LogP contribution in [0, 0.1) is 34.5 Å². The molecule has 2 aromatic carbocycles. The van der Waals surface area contributed by atoms with Crippen molar-refractivity contribution in [3.05, 3.63) is 70.8 Å². The van der Waals surface area contributed by atoms with E-state index in [2.05, 4.69) is 22.8 Å². The van der Waals surface area contributed by atoms with Crippen molar-refractivity contribution >= 4 is 11.9 Å². The molecule has 4 atom stereocenters. The molecule has 0 aromatic heterocycles. The zero-order valence-corrected chi connectivity index (χ0v) is 21.7. The van der Waals surface area contributed by atoms with Crippen LogP contribution in [0.15, 0.2) is 48.5 Å². The number of carbonyl (C=O) groups excluding carboxylic acids is 2. The van der Waals surface area contributed by atoms with Gasteiger partial charge in [0.05, 0.1) is 48.6 Å². The van der Waals surface area contributed by atoms with E-state index in [1.165, 1.54) is 0 Å². The summed E-state index contributed by atoms with van der Waals surface area (Å²) in [5, 5.41) is 25.6. The smallest absolute Gasteiger partial charge is 0.323 e. The second-order valence-corrected chi connectivity index (χ2v) is 9.89. The van der Waals surface area contributed by atoms with E-state index in [1.807, 2.05) is 52.0 Å². The minimum atomic E-state index is -0.627. The Bertz CT molecular complexity index is 1050. The summed E-state index contributed by atoms with van der Waals surface area (Å²) >= 11 is 0. The van der Waals surface area contributed by atoms with Crippen molar-refractivity contribution in [2.75, 3.05) is 13.2 Å². The number of hydrogen-bond donors (Lipinski definition) is 2. The van der Waals surface area contributed by atoms with E-state index in [0.29, 0.717) is 17.5 Å². The average Bonchev–Trinajstić information content (AvgIpc) is 2.90. The fraction of sp³-hybridized carbons (Fsp3) is 0.448. The van der Waals surface area contributed by atoms with Gasteiger partial charge in [-0.1, -0.05) is 52.0 Å². The lowest BCUT2D eigenvalue weighted by Gasteiger charge is -2.36. The first-order valence-electron chi connectivity index (χ1n) is 12.6. The maximum Gasteiger partial charge on any atom is 0.323 e. The van der Waals surface area contributed by atoms with Crippen molar-refractivity contribution < 1.29 is 19.1 Å². The van der Waals surface area contributed by atoms with Gasteiger partial charge in [0, 0.05) is 6.42 Å². The van der Waals surface area contributed by atoms with Crippen LogP contribution in [0.2, 0.25) is 0 Å². The molecule has 0 radical (unpaired) electrons. The van der Waals surface area contributed by atoms with Crippen molar-refractivity contribution in [2.24, 2.45) is 11.8 Å². The molecule has 0 bridgehead atoms. The molecule has 1 saturated heterocycles. The predicted octanol–water partition coefficient (Wildman–Crippen LogP) is 3.93. The standard InChI is InChI=1S/C29H34N4O4/c1-18(2)24-28(34)36-14-5-15-37-29(35)25(19(3)4)33-27(23-12-8-21(17-31)9-13-23)26(32-24)22-10-6-20(16-30)7-11-22/h6-13,18-19,24-27,32-33H,5,14-15H2,1-4H3/t24-,25-,26+,27+/m0/s1. The quantitative estimate of drug-likeness (QED) is 0.603. The minimum absolute atomic E-state index is 0.0843. The number of ether oxygens (including phenoxy) is 2. The Morgan fingerprint density at radius 3 is 1.35 bits per heavy atom. The Labute approximate surface area is 218 Å². The molecule has 0 spiro atoms. The van der Waals surface area contributed by atoms with Gasteiger partial charge in [-0.3, -0.25) is 20.2 Å². The molecular weight excluding hydrogens is 468 g/mol. The number of cyclic esters (lactones) is 2. The van der Waals surface area contributed by atoms with Crippen LogP contribution in [-0.4, -0.2) is 37.2 Å². The fourth-order valence-corrected chi connectivity index (χ4v) is 4.34. The van der Waals surface area contributed by atoms with Crippen LogP contribution in [0.1, 0.15) is 68.5 Å². The van der Waals surface area contributed by atoms with E-state index in [4.69, 9.17) is 9.47 Å². The van der Waals surface area contributed by atoms with Gasteiger partial charge in [0.25, 0.3) is 0 Å². The molecular formula is C29H34N4O4. The third kappa shape index (κ3) is 7.16. The highest BCUT2D eigenvalue weighted by Crippen LogP contribution is 2.32. The summed E-state index contributed by atoms with van der Waals surface area (Å²) in [5.41, 5.74) is 2.68. The predicted molar refractivity (Wildman–Crippen MR) is 138 cm³/mol. The second kappa shape index (κ2) is 13.0. The molecule has 1 aliphatic rings. The summed E-state index contributed by atoms with van der Waals surface area (Å²) < 4.78 is 11.1. The number of benzene rings is 2. The Balaban J connectivity index is 2.19. The van der Waals surface area contributed by atoms with Crippen LogP contribution in [0.5, 0.6) is 0 Å². The highest BCUT2D eigenvalue weighted by atomic mass is 16.5. The maximum atomic E-state index is 13.1. The SMILES string of the molecule is CC(C)[C@@H]1N[C@H](c2ccc(C#N)cc2)[C@@H](c2ccc(C#N)cc2)N[C@@H](C(C)C)C(=O)OCCCOC1=O. The van der Waals surface area contributed by atoms with Crippen molar-refractivity contribution in [1.29, 1.82) is 10.5 Å². The number of nitrogens with zero attached hydrogens (tertiary/aromatic N) is 2. The van der Waals surface area contributed by atoms with Gasteiger partial charge in [-0.15, -0.1) is 0 Å². The lowest BCUT2D eigenvalue weighted by atomic mass is 9.89. The Morgan fingerprint density at radius 2 is 1.05 bits per heavy atom. The van der Waals surface area contributed by atoms with Crippen LogP contribution < -0.4 is 10.6 Å². The molecule has 2 aromatic rings. The minimum Gasteiger partial charge on any atom is -0.464 e. The van der Waals surface area contributed by atoms with Gasteiger partial charge >= 0.3 is 11.9 Å². The number of nitriles is 2. The molecule has 8 heteroatoms. The molecule has 1 fully saturated rings. The Hall–Kier alpha value is -3.72. The van der Waals surface area contributed by atoms with Gasteiger partial charge in [0.15, 0.2) is 0 Å². The lowest BCUT2D eigenvalue weighted by molar-refractivity contribution is -0.149. The highest BCUT2D eigenvalue weighted by molar-refractivity contribution is 5.77. The number of nitrogens with one attached hydrogen (secondary N) is 2. The molecule has 37 heavy (non-hydrogen) atoms. The Kier molecular flexibility index (Phi) is 9.79. The van der Waals surface area contributed by atoms with Crippen LogP contribution in [0.25, 0.3) is 0 Å². The average molecular weight is 503 g/mol. The van der Waals surface area contributed by atoms with Crippen LogP contribution in [-0.2, 0) is 19.1 Å². The number of carbonyl (C=O) groups is 2. The van der Waals surface area contributed by atoms with Crippen molar-refractivity contribution in [3.8, 4) is 12.1 Å². The zero-order chi connectivity index (χ0) is 26.9. The first kappa shape index (κ1) is 27.9. The van der Waals surface area contributed by atoms with Gasteiger partial charge < -0.3 is 9.47 Å². The van der Waals surface area contributed by atoms with Gasteiger partial charge in [-0.05, 0) is 47.2 Å². The van der Waals surface area contributed by atoms with Gasteiger partial charge in [0.2, 0.25) is 0 Å². The summed E-state index contributed by atoms with van der Waals surface area (Å²) in [6, 6.07) is 16.3. The van der Waals surface area contributed by atoms with Crippen molar-refractivity contribution in [2.45, 2.75) is 58.3 Å². The van der Waals surface area contributed by atoms with Crippen molar-refractivity contribution in [1.82, 2.24) is 10.6 Å². The topological polar surface area (TPSA) is 124 Å². The fourth-order valence-electron chi connectivity index (χ4n) is 4.34. The normalized spacial score (nSPS) is 23.6. The Morgan fingerprint density at radius 1 is 0.703 bits per heavy atom. The summed E-state index contributed by atoms with van der Waals surface area (Å²) in [6.45, 7) is 8.08. The zero-order valence-electron chi connectivity index (χ0n) is 21.7. The molecule has 1 aliphatic heterocycles. The van der Waals surface area contributed by atoms with E-state index in [9.17, 15) is 20.1 Å². The molecule has 0 unspecified atom stereocenters. The van der Waals surface area contributed by atoms with E-state index in [-0.39, 0.29) is 37.0 Å². The van der Waals surface area contributed by atoms with Gasteiger partial charge in [0.1, 0.15) is 12.1 Å². The molecule has 2 N–H and O–H groups in total. The molecule has 0 amide bonds. The first-order valence-corrected chi connectivity index (χ1v) is 12.6. The summed E-state index contributed by atoms with van der Waals surface area (Å²) in [6.07, 6.45) is 0.408.